The summed E-state index contributed by atoms with van der Waals surface area (Å²) in [5.41, 5.74) is 4.89. The topological polar surface area (TPSA) is 51.6 Å². The predicted octanol–water partition coefficient (Wildman–Crippen LogP) is 5.28. The molecule has 0 aliphatic carbocycles. The molecular formula is C26H14N4. The average Bonchev–Trinajstić information content (AvgIpc) is 2.82. The highest BCUT2D eigenvalue weighted by Crippen LogP contribution is 2.23. The summed E-state index contributed by atoms with van der Waals surface area (Å²) in [7, 11) is 0. The molecule has 0 saturated heterocycles. The van der Waals surface area contributed by atoms with Gasteiger partial charge in [-0.1, -0.05) is 36.4 Å². The van der Waals surface area contributed by atoms with Gasteiger partial charge in [-0.2, -0.15) is 0 Å². The Balaban J connectivity index is 1.48. The molecule has 4 aromatic heterocycles. The minimum absolute atomic E-state index is 0.693. The Morgan fingerprint density at radius 1 is 0.433 bits per heavy atom. The number of rotatable bonds is 0. The number of hydrogen-bond acceptors (Lipinski definition) is 4. The van der Waals surface area contributed by atoms with Crippen molar-refractivity contribution < 1.29 is 0 Å². The second-order valence-corrected chi connectivity index (χ2v) is 7.07. The Morgan fingerprint density at radius 2 is 0.833 bits per heavy atom. The van der Waals surface area contributed by atoms with Gasteiger partial charge in [0.15, 0.2) is 0 Å². The lowest BCUT2D eigenvalue weighted by Gasteiger charge is -2.03. The predicted molar refractivity (Wildman–Crippen MR) is 120 cm³/mol. The summed E-state index contributed by atoms with van der Waals surface area (Å²) in [6.07, 6.45) is 3.58. The van der Waals surface area contributed by atoms with Crippen LogP contribution in [0.4, 0.5) is 0 Å². The molecule has 0 bridgehead atoms. The van der Waals surface area contributed by atoms with E-state index in [1.807, 2.05) is 48.5 Å². The fourth-order valence-electron chi connectivity index (χ4n) is 3.71. The molecule has 0 aliphatic heterocycles. The molecule has 4 nitrogen and oxygen atoms in total. The number of pyridine rings is 4. The largest absolute Gasteiger partial charge is 0.254 e. The molecule has 2 aromatic carbocycles. The minimum Gasteiger partial charge on any atom is -0.254 e. The molecule has 0 fully saturated rings. The van der Waals surface area contributed by atoms with Crippen molar-refractivity contribution in [3.63, 3.8) is 0 Å². The van der Waals surface area contributed by atoms with E-state index >= 15 is 0 Å². The zero-order valence-electron chi connectivity index (χ0n) is 15.9. The highest BCUT2D eigenvalue weighted by Gasteiger charge is 2.05. The van der Waals surface area contributed by atoms with Gasteiger partial charge in [0.2, 0.25) is 0 Å². The normalized spacial score (nSPS) is 11.1. The summed E-state index contributed by atoms with van der Waals surface area (Å²) in [5, 5.41) is 4.23. The van der Waals surface area contributed by atoms with Crippen LogP contribution < -0.4 is 0 Å². The molecule has 0 amide bonds. The first-order chi connectivity index (χ1) is 14.8. The molecule has 0 radical (unpaired) electrons. The van der Waals surface area contributed by atoms with Crippen molar-refractivity contribution in [1.82, 2.24) is 19.9 Å². The van der Waals surface area contributed by atoms with Gasteiger partial charge in [-0.25, -0.2) is 9.97 Å². The third kappa shape index (κ3) is 2.73. The summed E-state index contributed by atoms with van der Waals surface area (Å²) in [6, 6.07) is 24.1. The number of nitrogens with zero attached hydrogens (tertiary/aromatic N) is 4. The van der Waals surface area contributed by atoms with Crippen LogP contribution in [-0.2, 0) is 0 Å². The van der Waals surface area contributed by atoms with Crippen LogP contribution in [-0.4, -0.2) is 19.9 Å². The van der Waals surface area contributed by atoms with Crippen LogP contribution in [0.2, 0.25) is 0 Å². The molecule has 6 rings (SSSR count). The van der Waals surface area contributed by atoms with Gasteiger partial charge >= 0.3 is 0 Å². The molecule has 0 N–H and O–H groups in total. The van der Waals surface area contributed by atoms with E-state index in [2.05, 4.69) is 46.1 Å². The molecule has 30 heavy (non-hydrogen) atoms. The number of hydrogen-bond donors (Lipinski definition) is 0. The van der Waals surface area contributed by atoms with E-state index in [0.29, 0.717) is 11.4 Å². The third-order valence-electron chi connectivity index (χ3n) is 5.18. The van der Waals surface area contributed by atoms with Gasteiger partial charge in [0.05, 0.1) is 22.1 Å². The summed E-state index contributed by atoms with van der Waals surface area (Å²) < 4.78 is 0. The zero-order valence-corrected chi connectivity index (χ0v) is 15.9. The maximum Gasteiger partial charge on any atom is 0.114 e. The lowest BCUT2D eigenvalue weighted by atomic mass is 10.1. The lowest BCUT2D eigenvalue weighted by molar-refractivity contribution is 1.33. The Labute approximate surface area is 172 Å². The van der Waals surface area contributed by atoms with Crippen LogP contribution >= 0.6 is 0 Å². The summed E-state index contributed by atoms with van der Waals surface area (Å²) in [6.45, 7) is 0. The van der Waals surface area contributed by atoms with E-state index in [1.54, 1.807) is 12.4 Å². The van der Waals surface area contributed by atoms with Crippen molar-refractivity contribution in [2.75, 3.05) is 0 Å². The number of fused-ring (bicyclic) bond motifs is 6. The van der Waals surface area contributed by atoms with Gasteiger partial charge < -0.3 is 0 Å². The van der Waals surface area contributed by atoms with Gasteiger partial charge in [-0.15, -0.1) is 0 Å². The van der Waals surface area contributed by atoms with Gasteiger partial charge in [0.1, 0.15) is 11.4 Å². The molecule has 6 aromatic rings. The molecule has 4 heteroatoms. The van der Waals surface area contributed by atoms with Crippen molar-refractivity contribution in [3.8, 4) is 11.8 Å². The quantitative estimate of drug-likeness (QED) is 0.265. The summed E-state index contributed by atoms with van der Waals surface area (Å²) in [5.74, 6) is 6.32. The van der Waals surface area contributed by atoms with Gasteiger partial charge in [-0.05, 0) is 48.2 Å². The molecule has 0 spiro atoms. The van der Waals surface area contributed by atoms with E-state index in [-0.39, 0.29) is 0 Å². The number of aromatic nitrogens is 4. The van der Waals surface area contributed by atoms with E-state index in [4.69, 9.17) is 9.97 Å². The molecule has 0 aliphatic rings. The SMILES string of the molecule is C(#Cc1ccc2ccc3cccnc3c2n1)c1ccc2ccc3cccnc3c2n1. The van der Waals surface area contributed by atoms with Crippen molar-refractivity contribution in [1.29, 1.82) is 0 Å². The molecule has 0 saturated carbocycles. The molecule has 0 atom stereocenters. The van der Waals surface area contributed by atoms with Crippen molar-refractivity contribution >= 4 is 43.6 Å². The smallest absolute Gasteiger partial charge is 0.114 e. The van der Waals surface area contributed by atoms with Crippen LogP contribution in [0.1, 0.15) is 11.4 Å². The van der Waals surface area contributed by atoms with Gasteiger partial charge in [-0.3, -0.25) is 9.97 Å². The van der Waals surface area contributed by atoms with Crippen molar-refractivity contribution in [3.05, 3.63) is 96.6 Å². The van der Waals surface area contributed by atoms with E-state index in [0.717, 1.165) is 43.6 Å². The Bertz CT molecular complexity index is 1540. The first kappa shape index (κ1) is 16.6. The Morgan fingerprint density at radius 3 is 1.30 bits per heavy atom. The molecule has 0 unspecified atom stereocenters. The second kappa shape index (κ2) is 6.61. The van der Waals surface area contributed by atoms with E-state index < -0.39 is 0 Å². The van der Waals surface area contributed by atoms with E-state index in [9.17, 15) is 0 Å². The first-order valence-corrected chi connectivity index (χ1v) is 9.66. The van der Waals surface area contributed by atoms with Crippen LogP contribution in [0, 0.1) is 11.8 Å². The third-order valence-corrected chi connectivity index (χ3v) is 5.18. The van der Waals surface area contributed by atoms with Crippen molar-refractivity contribution in [2.45, 2.75) is 0 Å². The molecule has 138 valence electrons. The average molecular weight is 382 g/mol. The fourth-order valence-corrected chi connectivity index (χ4v) is 3.71. The van der Waals surface area contributed by atoms with Crippen LogP contribution in [0.25, 0.3) is 43.6 Å². The summed E-state index contributed by atoms with van der Waals surface area (Å²) in [4.78, 5) is 18.5. The van der Waals surface area contributed by atoms with Gasteiger partial charge in [0.25, 0.3) is 0 Å². The first-order valence-electron chi connectivity index (χ1n) is 9.66. The summed E-state index contributed by atoms with van der Waals surface area (Å²) >= 11 is 0. The minimum atomic E-state index is 0.693. The monoisotopic (exact) mass is 382 g/mol. The zero-order chi connectivity index (χ0) is 19.9. The van der Waals surface area contributed by atoms with Gasteiger partial charge in [0, 0.05) is 33.9 Å². The molecular weight excluding hydrogens is 368 g/mol. The standard InChI is InChI=1S/C26H14N4/c1-3-17-5-7-19-9-11-21(29-25(19)23(17)27-15-1)13-14-22-12-10-20-8-6-18-4-2-16-28-24(18)26(20)30-22/h1-12,15-16H. The Hall–Kier alpha value is -4.36. The van der Waals surface area contributed by atoms with Crippen LogP contribution in [0.5, 0.6) is 0 Å². The molecule has 4 heterocycles. The second-order valence-electron chi connectivity index (χ2n) is 7.07. The highest BCUT2D eigenvalue weighted by molar-refractivity contribution is 6.03. The van der Waals surface area contributed by atoms with Crippen LogP contribution in [0.15, 0.2) is 85.2 Å². The highest BCUT2D eigenvalue weighted by atomic mass is 14.8. The maximum absolute atomic E-state index is 4.75. The lowest BCUT2D eigenvalue weighted by Crippen LogP contribution is -1.90. The fraction of sp³-hybridized carbons (Fsp3) is 0. The Kier molecular flexibility index (Phi) is 3.65. The number of benzene rings is 2. The maximum atomic E-state index is 4.75. The van der Waals surface area contributed by atoms with Crippen molar-refractivity contribution in [2.24, 2.45) is 0 Å². The van der Waals surface area contributed by atoms with Crippen LogP contribution in [0.3, 0.4) is 0 Å². The van der Waals surface area contributed by atoms with E-state index in [1.165, 1.54) is 0 Å².